The van der Waals surface area contributed by atoms with E-state index in [1.54, 1.807) is 0 Å². The van der Waals surface area contributed by atoms with E-state index in [1.165, 1.54) is 6.07 Å². The van der Waals surface area contributed by atoms with Crippen LogP contribution in [0.3, 0.4) is 0 Å². The Hall–Kier alpha value is -1.27. The second kappa shape index (κ2) is 4.93. The van der Waals surface area contributed by atoms with Gasteiger partial charge in [-0.15, -0.1) is 0 Å². The van der Waals surface area contributed by atoms with Crippen molar-refractivity contribution < 1.29 is 23.1 Å². The SMILES string of the molecule is NC(CC(=O)O)c1ccc(Cl)cc1C(F)(F)F. The first kappa shape index (κ1) is 13.8. The number of rotatable bonds is 3. The van der Waals surface area contributed by atoms with Crippen molar-refractivity contribution in [2.24, 2.45) is 5.73 Å². The van der Waals surface area contributed by atoms with Gasteiger partial charge in [0.05, 0.1) is 12.0 Å². The Morgan fingerprint density at radius 1 is 1.47 bits per heavy atom. The number of benzene rings is 1. The molecule has 94 valence electrons. The van der Waals surface area contributed by atoms with Crippen LogP contribution < -0.4 is 5.73 Å². The summed E-state index contributed by atoms with van der Waals surface area (Å²) in [7, 11) is 0. The largest absolute Gasteiger partial charge is 0.481 e. The van der Waals surface area contributed by atoms with Crippen LogP contribution in [-0.2, 0) is 11.0 Å². The molecule has 0 radical (unpaired) electrons. The molecule has 0 aliphatic rings. The molecular weight excluding hydrogens is 259 g/mol. The topological polar surface area (TPSA) is 63.3 Å². The van der Waals surface area contributed by atoms with E-state index in [9.17, 15) is 18.0 Å². The molecule has 0 fully saturated rings. The van der Waals surface area contributed by atoms with E-state index >= 15 is 0 Å². The van der Waals surface area contributed by atoms with E-state index in [4.69, 9.17) is 22.4 Å². The van der Waals surface area contributed by atoms with Gasteiger partial charge < -0.3 is 10.8 Å². The summed E-state index contributed by atoms with van der Waals surface area (Å²) in [6.45, 7) is 0. The van der Waals surface area contributed by atoms with Gasteiger partial charge in [-0.1, -0.05) is 17.7 Å². The zero-order valence-corrected chi connectivity index (χ0v) is 9.22. The number of hydrogen-bond donors (Lipinski definition) is 2. The lowest BCUT2D eigenvalue weighted by Gasteiger charge is -2.17. The maximum absolute atomic E-state index is 12.7. The van der Waals surface area contributed by atoms with Gasteiger partial charge in [-0.3, -0.25) is 4.79 Å². The van der Waals surface area contributed by atoms with E-state index < -0.39 is 30.2 Å². The maximum Gasteiger partial charge on any atom is 0.416 e. The Balaban J connectivity index is 3.19. The fraction of sp³-hybridized carbons (Fsp3) is 0.300. The van der Waals surface area contributed by atoms with Gasteiger partial charge in [-0.05, 0) is 17.7 Å². The summed E-state index contributed by atoms with van der Waals surface area (Å²) >= 11 is 5.48. The predicted octanol–water partition coefficient (Wildman–Crippen LogP) is 2.83. The van der Waals surface area contributed by atoms with Crippen LogP contribution in [-0.4, -0.2) is 11.1 Å². The van der Waals surface area contributed by atoms with Gasteiger partial charge in [0.2, 0.25) is 0 Å². The number of carboxylic acid groups (broad SMARTS) is 1. The molecule has 0 aromatic heterocycles. The Bertz CT molecular complexity index is 434. The average Bonchev–Trinajstić information content (AvgIpc) is 2.14. The zero-order valence-electron chi connectivity index (χ0n) is 8.46. The van der Waals surface area contributed by atoms with E-state index in [2.05, 4.69) is 0 Å². The van der Waals surface area contributed by atoms with Crippen LogP contribution in [0.25, 0.3) is 0 Å². The van der Waals surface area contributed by atoms with Crippen molar-refractivity contribution in [1.29, 1.82) is 0 Å². The molecule has 1 rings (SSSR count). The summed E-state index contributed by atoms with van der Waals surface area (Å²) in [4.78, 5) is 10.4. The number of carboxylic acids is 1. The van der Waals surface area contributed by atoms with Crippen molar-refractivity contribution in [3.05, 3.63) is 34.3 Å². The van der Waals surface area contributed by atoms with E-state index in [-0.39, 0.29) is 10.6 Å². The highest BCUT2D eigenvalue weighted by Crippen LogP contribution is 2.36. The number of nitrogens with two attached hydrogens (primary N) is 1. The first-order valence-corrected chi connectivity index (χ1v) is 4.93. The van der Waals surface area contributed by atoms with Gasteiger partial charge in [0.15, 0.2) is 0 Å². The highest BCUT2D eigenvalue weighted by atomic mass is 35.5. The van der Waals surface area contributed by atoms with Gasteiger partial charge in [0.1, 0.15) is 0 Å². The maximum atomic E-state index is 12.7. The van der Waals surface area contributed by atoms with Crippen LogP contribution in [0.15, 0.2) is 18.2 Å². The molecule has 1 atom stereocenters. The minimum Gasteiger partial charge on any atom is -0.481 e. The Labute approximate surface area is 100.0 Å². The molecule has 3 N–H and O–H groups in total. The molecule has 0 aliphatic carbocycles. The monoisotopic (exact) mass is 267 g/mol. The highest BCUT2D eigenvalue weighted by molar-refractivity contribution is 6.30. The standard InChI is InChI=1S/C10H9ClF3NO2/c11-5-1-2-6(8(15)4-9(16)17)7(3-5)10(12,13)14/h1-3,8H,4,15H2,(H,16,17). The van der Waals surface area contributed by atoms with E-state index in [1.807, 2.05) is 0 Å². The van der Waals surface area contributed by atoms with Crippen molar-refractivity contribution >= 4 is 17.6 Å². The number of aliphatic carboxylic acids is 1. The number of hydrogen-bond acceptors (Lipinski definition) is 2. The third kappa shape index (κ3) is 3.61. The molecule has 17 heavy (non-hydrogen) atoms. The van der Waals surface area contributed by atoms with Crippen molar-refractivity contribution in [3.63, 3.8) is 0 Å². The molecular formula is C10H9ClF3NO2. The van der Waals surface area contributed by atoms with Crippen LogP contribution in [0.1, 0.15) is 23.6 Å². The van der Waals surface area contributed by atoms with Crippen molar-refractivity contribution in [2.75, 3.05) is 0 Å². The smallest absolute Gasteiger partial charge is 0.416 e. The first-order valence-electron chi connectivity index (χ1n) is 4.56. The molecule has 0 amide bonds. The van der Waals surface area contributed by atoms with Gasteiger partial charge in [0, 0.05) is 11.1 Å². The first-order chi connectivity index (χ1) is 7.71. The minimum absolute atomic E-state index is 0.0800. The summed E-state index contributed by atoms with van der Waals surface area (Å²) in [6, 6.07) is 1.85. The molecule has 0 spiro atoms. The normalized spacial score (nSPS) is 13.5. The number of carbonyl (C=O) groups is 1. The Morgan fingerprint density at radius 3 is 2.53 bits per heavy atom. The molecule has 1 unspecified atom stereocenters. The van der Waals surface area contributed by atoms with Gasteiger partial charge >= 0.3 is 12.1 Å². The molecule has 3 nitrogen and oxygen atoms in total. The fourth-order valence-electron chi connectivity index (χ4n) is 1.40. The minimum atomic E-state index is -4.61. The third-order valence-corrected chi connectivity index (χ3v) is 2.35. The van der Waals surface area contributed by atoms with E-state index in [0.29, 0.717) is 0 Å². The lowest BCUT2D eigenvalue weighted by atomic mass is 9.98. The molecule has 0 aliphatic heterocycles. The number of halogens is 4. The van der Waals surface area contributed by atoms with Crippen molar-refractivity contribution in [1.82, 2.24) is 0 Å². The summed E-state index contributed by atoms with van der Waals surface area (Å²) in [5.74, 6) is -1.26. The Morgan fingerprint density at radius 2 is 2.06 bits per heavy atom. The molecule has 0 saturated heterocycles. The molecule has 0 heterocycles. The van der Waals surface area contributed by atoms with Crippen LogP contribution in [0, 0.1) is 0 Å². The van der Waals surface area contributed by atoms with E-state index in [0.717, 1.165) is 12.1 Å². The average molecular weight is 268 g/mol. The highest BCUT2D eigenvalue weighted by Gasteiger charge is 2.35. The summed E-state index contributed by atoms with van der Waals surface area (Å²) in [5.41, 5.74) is 4.14. The molecule has 1 aromatic carbocycles. The molecule has 0 bridgehead atoms. The third-order valence-electron chi connectivity index (χ3n) is 2.11. The summed E-state index contributed by atoms with van der Waals surface area (Å²) < 4.78 is 38.0. The van der Waals surface area contributed by atoms with Gasteiger partial charge in [-0.25, -0.2) is 0 Å². The lowest BCUT2D eigenvalue weighted by molar-refractivity contribution is -0.140. The lowest BCUT2D eigenvalue weighted by Crippen LogP contribution is -2.20. The quantitative estimate of drug-likeness (QED) is 0.885. The van der Waals surface area contributed by atoms with Crippen LogP contribution >= 0.6 is 11.6 Å². The molecule has 0 saturated carbocycles. The van der Waals surface area contributed by atoms with Crippen LogP contribution in [0.2, 0.25) is 5.02 Å². The molecule has 7 heteroatoms. The van der Waals surface area contributed by atoms with Crippen molar-refractivity contribution in [2.45, 2.75) is 18.6 Å². The predicted molar refractivity (Wildman–Crippen MR) is 55.6 cm³/mol. The number of alkyl halides is 3. The summed E-state index contributed by atoms with van der Waals surface area (Å²) in [5, 5.41) is 8.43. The van der Waals surface area contributed by atoms with Gasteiger partial charge in [0.25, 0.3) is 0 Å². The second-order valence-corrected chi connectivity index (χ2v) is 3.87. The van der Waals surface area contributed by atoms with Crippen LogP contribution in [0.5, 0.6) is 0 Å². The van der Waals surface area contributed by atoms with Crippen molar-refractivity contribution in [3.8, 4) is 0 Å². The molecule has 1 aromatic rings. The summed E-state index contributed by atoms with van der Waals surface area (Å²) in [6.07, 6.45) is -5.19. The zero-order chi connectivity index (χ0) is 13.2. The Kier molecular flexibility index (Phi) is 4.00. The fourth-order valence-corrected chi connectivity index (χ4v) is 1.57. The van der Waals surface area contributed by atoms with Crippen LogP contribution in [0.4, 0.5) is 13.2 Å². The second-order valence-electron chi connectivity index (χ2n) is 3.43. The van der Waals surface area contributed by atoms with Gasteiger partial charge in [-0.2, -0.15) is 13.2 Å².